The molecule has 11 heavy (non-hydrogen) atoms. The molecule has 1 N–H and O–H groups in total. The van der Waals surface area contributed by atoms with Gasteiger partial charge in [-0.25, -0.2) is 0 Å². The number of hydrogen-bond acceptors (Lipinski definition) is 1. The fourth-order valence-electron chi connectivity index (χ4n) is 0.953. The third-order valence-electron chi connectivity index (χ3n) is 1.75. The molecular formula is C8H16O2Zr+4. The first-order valence-corrected chi connectivity index (χ1v) is 3.95. The number of hydrogen-bond donors (Lipinski definition) is 1. The van der Waals surface area contributed by atoms with Crippen molar-refractivity contribution in [2.75, 3.05) is 0 Å². The predicted molar refractivity (Wildman–Crippen MR) is 40.9 cm³/mol. The molecule has 1 unspecified atom stereocenters. The molecule has 0 rings (SSSR count). The largest absolute Gasteiger partial charge is 4.00 e. The monoisotopic (exact) mass is 234 g/mol. The Bertz CT molecular complexity index is 104. The van der Waals surface area contributed by atoms with E-state index < -0.39 is 5.97 Å². The molecule has 0 amide bonds. The minimum atomic E-state index is -0.643. The molecule has 1 atom stereocenters. The second-order valence-corrected chi connectivity index (χ2v) is 2.59. The molecule has 60 valence electrons. The van der Waals surface area contributed by atoms with E-state index in [2.05, 4.69) is 6.92 Å². The van der Waals surface area contributed by atoms with Gasteiger partial charge >= 0.3 is 32.2 Å². The zero-order valence-corrected chi connectivity index (χ0v) is 9.72. The van der Waals surface area contributed by atoms with Gasteiger partial charge in [0, 0.05) is 0 Å². The maximum Gasteiger partial charge on any atom is 4.00 e. The second kappa shape index (κ2) is 8.45. The molecular weight excluding hydrogens is 219 g/mol. The quantitative estimate of drug-likeness (QED) is 0.794. The summed E-state index contributed by atoms with van der Waals surface area (Å²) in [4.78, 5) is 10.4. The summed E-state index contributed by atoms with van der Waals surface area (Å²) in [6.07, 6.45) is 3.71. The minimum absolute atomic E-state index is 0. The van der Waals surface area contributed by atoms with Crippen LogP contribution in [0.25, 0.3) is 0 Å². The topological polar surface area (TPSA) is 37.3 Å². The molecule has 3 heteroatoms. The molecule has 2 nitrogen and oxygen atoms in total. The maximum atomic E-state index is 10.4. The van der Waals surface area contributed by atoms with Gasteiger partial charge in [-0.2, -0.15) is 0 Å². The maximum absolute atomic E-state index is 10.4. The number of carboxylic acid groups (broad SMARTS) is 1. The fraction of sp³-hybridized carbons (Fsp3) is 0.875. The van der Waals surface area contributed by atoms with Crippen LogP contribution in [0.2, 0.25) is 0 Å². The van der Waals surface area contributed by atoms with Crippen LogP contribution in [0, 0.1) is 5.92 Å². The van der Waals surface area contributed by atoms with Gasteiger partial charge < -0.3 is 5.11 Å². The van der Waals surface area contributed by atoms with Gasteiger partial charge in [0.05, 0.1) is 5.92 Å². The van der Waals surface area contributed by atoms with Crippen molar-refractivity contribution >= 4 is 5.97 Å². The van der Waals surface area contributed by atoms with Crippen molar-refractivity contribution in [1.29, 1.82) is 0 Å². The summed E-state index contributed by atoms with van der Waals surface area (Å²) in [5, 5.41) is 8.60. The van der Waals surface area contributed by atoms with Gasteiger partial charge in [-0.05, 0) is 12.8 Å². The zero-order chi connectivity index (χ0) is 7.98. The van der Waals surface area contributed by atoms with Crippen LogP contribution in [0.15, 0.2) is 0 Å². The van der Waals surface area contributed by atoms with E-state index in [0.29, 0.717) is 0 Å². The van der Waals surface area contributed by atoms with E-state index >= 15 is 0 Å². The van der Waals surface area contributed by atoms with Crippen molar-refractivity contribution in [2.24, 2.45) is 5.92 Å². The predicted octanol–water partition coefficient (Wildman–Crippen LogP) is 2.28. The van der Waals surface area contributed by atoms with E-state index in [1.54, 1.807) is 0 Å². The Kier molecular flexibility index (Phi) is 10.7. The van der Waals surface area contributed by atoms with Crippen molar-refractivity contribution in [2.45, 2.75) is 39.5 Å². The molecule has 0 fully saturated rings. The Morgan fingerprint density at radius 3 is 2.27 bits per heavy atom. The van der Waals surface area contributed by atoms with Crippen molar-refractivity contribution in [3.05, 3.63) is 0 Å². The van der Waals surface area contributed by atoms with Gasteiger partial charge in [0.15, 0.2) is 0 Å². The molecule has 0 heterocycles. The first-order chi connectivity index (χ1) is 4.72. The summed E-state index contributed by atoms with van der Waals surface area (Å²) >= 11 is 0. The normalized spacial score (nSPS) is 11.8. The van der Waals surface area contributed by atoms with E-state index in [4.69, 9.17) is 5.11 Å². The van der Waals surface area contributed by atoms with E-state index in [0.717, 1.165) is 25.7 Å². The van der Waals surface area contributed by atoms with Crippen molar-refractivity contribution in [3.63, 3.8) is 0 Å². The average Bonchev–Trinajstić information content (AvgIpc) is 1.89. The average molecular weight is 235 g/mol. The van der Waals surface area contributed by atoms with Crippen LogP contribution >= 0.6 is 0 Å². The summed E-state index contributed by atoms with van der Waals surface area (Å²) < 4.78 is 0. The first kappa shape index (κ1) is 13.9. The first-order valence-electron chi connectivity index (χ1n) is 3.95. The van der Waals surface area contributed by atoms with Gasteiger partial charge in [0.25, 0.3) is 0 Å². The van der Waals surface area contributed by atoms with Gasteiger partial charge in [-0.1, -0.05) is 26.7 Å². The third-order valence-corrected chi connectivity index (χ3v) is 1.75. The van der Waals surface area contributed by atoms with Crippen molar-refractivity contribution in [3.8, 4) is 0 Å². The molecule has 0 aromatic heterocycles. The van der Waals surface area contributed by atoms with Gasteiger partial charge in [-0.3, -0.25) is 4.79 Å². The summed E-state index contributed by atoms with van der Waals surface area (Å²) in [5.74, 6) is -0.754. The Morgan fingerprint density at radius 1 is 1.45 bits per heavy atom. The van der Waals surface area contributed by atoms with Gasteiger partial charge in [0.1, 0.15) is 0 Å². The Hall–Kier alpha value is 0.353. The summed E-state index contributed by atoms with van der Waals surface area (Å²) in [5.41, 5.74) is 0. The molecule has 0 aromatic rings. The molecule has 0 aromatic carbocycles. The van der Waals surface area contributed by atoms with Crippen LogP contribution < -0.4 is 0 Å². The number of aliphatic carboxylic acids is 1. The molecule has 0 spiro atoms. The van der Waals surface area contributed by atoms with Crippen LogP contribution in [0.1, 0.15) is 39.5 Å². The van der Waals surface area contributed by atoms with Crippen LogP contribution in [0.5, 0.6) is 0 Å². The van der Waals surface area contributed by atoms with E-state index in [9.17, 15) is 4.79 Å². The molecule has 0 saturated carbocycles. The molecule has 0 saturated heterocycles. The van der Waals surface area contributed by atoms with E-state index in [-0.39, 0.29) is 32.1 Å². The third kappa shape index (κ3) is 6.74. The molecule has 0 aliphatic heterocycles. The second-order valence-electron chi connectivity index (χ2n) is 2.59. The SMILES string of the molecule is CCCCC(CC)C(=O)O.[Zr+4]. The minimum Gasteiger partial charge on any atom is -0.481 e. The Balaban J connectivity index is 0. The van der Waals surface area contributed by atoms with Crippen molar-refractivity contribution in [1.82, 2.24) is 0 Å². The van der Waals surface area contributed by atoms with Crippen LogP contribution in [-0.4, -0.2) is 11.1 Å². The van der Waals surface area contributed by atoms with E-state index in [1.807, 2.05) is 6.92 Å². The fourth-order valence-corrected chi connectivity index (χ4v) is 0.953. The van der Waals surface area contributed by atoms with Gasteiger partial charge in [0.2, 0.25) is 0 Å². The Labute approximate surface area is 87.5 Å². The number of rotatable bonds is 5. The summed E-state index contributed by atoms with van der Waals surface area (Å²) in [7, 11) is 0. The molecule has 0 bridgehead atoms. The van der Waals surface area contributed by atoms with Crippen LogP contribution in [-0.2, 0) is 31.0 Å². The Morgan fingerprint density at radius 2 is 2.00 bits per heavy atom. The summed E-state index contributed by atoms with van der Waals surface area (Å²) in [6.45, 7) is 4.00. The standard InChI is InChI=1S/C8H16O2.Zr/c1-3-5-6-7(4-2)8(9)10;/h7H,3-6H2,1-2H3,(H,9,10);/q;+4. The number of unbranched alkanes of at least 4 members (excludes halogenated alkanes) is 1. The van der Waals surface area contributed by atoms with Crippen molar-refractivity contribution < 1.29 is 36.1 Å². The van der Waals surface area contributed by atoms with Gasteiger partial charge in [-0.15, -0.1) is 0 Å². The summed E-state index contributed by atoms with van der Waals surface area (Å²) in [6, 6.07) is 0. The zero-order valence-electron chi connectivity index (χ0n) is 7.26. The molecule has 0 aliphatic rings. The van der Waals surface area contributed by atoms with E-state index in [1.165, 1.54) is 0 Å². The number of carbonyl (C=O) groups is 1. The molecule has 0 radical (unpaired) electrons. The van der Waals surface area contributed by atoms with Crippen LogP contribution in [0.3, 0.4) is 0 Å². The smallest absolute Gasteiger partial charge is 0.481 e. The molecule has 0 aliphatic carbocycles. The van der Waals surface area contributed by atoms with Crippen LogP contribution in [0.4, 0.5) is 0 Å². The number of carboxylic acids is 1.